The maximum atomic E-state index is 6.22. The van der Waals surface area contributed by atoms with Gasteiger partial charge in [-0.05, 0) is 52.0 Å². The molecule has 18 heavy (non-hydrogen) atoms. The first-order valence-electron chi connectivity index (χ1n) is 5.91. The van der Waals surface area contributed by atoms with Crippen LogP contribution < -0.4 is 10.5 Å². The second kappa shape index (κ2) is 6.36. The van der Waals surface area contributed by atoms with Gasteiger partial charge < -0.3 is 10.5 Å². The molecule has 0 radical (unpaired) electrons. The summed E-state index contributed by atoms with van der Waals surface area (Å²) in [7, 11) is 0. The largest absolute Gasteiger partial charge is 0.494 e. The Labute approximate surface area is 120 Å². The SMILES string of the molecule is CCOc1ccc(C(N)Cc2sccc2Br)cc1. The van der Waals surface area contributed by atoms with Crippen LogP contribution in [0.2, 0.25) is 0 Å². The molecular weight excluding hydrogens is 310 g/mol. The zero-order valence-corrected chi connectivity index (χ0v) is 12.6. The van der Waals surface area contributed by atoms with Crippen molar-refractivity contribution < 1.29 is 4.74 Å². The van der Waals surface area contributed by atoms with Gasteiger partial charge in [-0.25, -0.2) is 0 Å². The Morgan fingerprint density at radius 3 is 2.56 bits per heavy atom. The van der Waals surface area contributed by atoms with E-state index in [1.165, 1.54) is 4.88 Å². The summed E-state index contributed by atoms with van der Waals surface area (Å²) in [6.07, 6.45) is 0.853. The fourth-order valence-electron chi connectivity index (χ4n) is 1.77. The van der Waals surface area contributed by atoms with E-state index in [0.29, 0.717) is 6.61 Å². The number of thiophene rings is 1. The normalized spacial score (nSPS) is 12.4. The average Bonchev–Trinajstić information content (AvgIpc) is 2.76. The van der Waals surface area contributed by atoms with Crippen molar-refractivity contribution in [3.63, 3.8) is 0 Å². The van der Waals surface area contributed by atoms with Gasteiger partial charge in [0.2, 0.25) is 0 Å². The molecule has 1 aromatic carbocycles. The van der Waals surface area contributed by atoms with Gasteiger partial charge in [0, 0.05) is 21.8 Å². The molecule has 2 N–H and O–H groups in total. The van der Waals surface area contributed by atoms with Gasteiger partial charge in [0.25, 0.3) is 0 Å². The minimum absolute atomic E-state index is 0.0237. The predicted octanol–water partition coefficient (Wildman–Crippen LogP) is 4.15. The molecule has 0 aliphatic carbocycles. The van der Waals surface area contributed by atoms with Gasteiger partial charge in [0.05, 0.1) is 6.61 Å². The highest BCUT2D eigenvalue weighted by molar-refractivity contribution is 9.10. The Hall–Kier alpha value is -0.840. The number of nitrogens with two attached hydrogens (primary N) is 1. The lowest BCUT2D eigenvalue weighted by Crippen LogP contribution is -2.12. The summed E-state index contributed by atoms with van der Waals surface area (Å²) in [5.74, 6) is 0.894. The van der Waals surface area contributed by atoms with Crippen LogP contribution in [0.5, 0.6) is 5.75 Å². The zero-order chi connectivity index (χ0) is 13.0. The highest BCUT2D eigenvalue weighted by Crippen LogP contribution is 2.27. The molecule has 1 heterocycles. The average molecular weight is 326 g/mol. The number of ether oxygens (including phenoxy) is 1. The van der Waals surface area contributed by atoms with E-state index in [0.717, 1.165) is 22.2 Å². The molecule has 1 unspecified atom stereocenters. The third-order valence-corrected chi connectivity index (χ3v) is 4.66. The highest BCUT2D eigenvalue weighted by Gasteiger charge is 2.10. The number of hydrogen-bond acceptors (Lipinski definition) is 3. The molecular formula is C14H16BrNOS. The fourth-order valence-corrected chi connectivity index (χ4v) is 3.34. The zero-order valence-electron chi connectivity index (χ0n) is 10.2. The number of hydrogen-bond donors (Lipinski definition) is 1. The van der Waals surface area contributed by atoms with Gasteiger partial charge in [-0.1, -0.05) is 12.1 Å². The summed E-state index contributed by atoms with van der Waals surface area (Å²) >= 11 is 5.27. The fraction of sp³-hybridized carbons (Fsp3) is 0.286. The van der Waals surface area contributed by atoms with E-state index >= 15 is 0 Å². The first kappa shape index (κ1) is 13.6. The summed E-state index contributed by atoms with van der Waals surface area (Å²) in [6, 6.07) is 10.1. The van der Waals surface area contributed by atoms with Crippen molar-refractivity contribution in [1.29, 1.82) is 0 Å². The van der Waals surface area contributed by atoms with Crippen LogP contribution in [-0.2, 0) is 6.42 Å². The monoisotopic (exact) mass is 325 g/mol. The van der Waals surface area contributed by atoms with Gasteiger partial charge in [0.15, 0.2) is 0 Å². The second-order valence-electron chi connectivity index (χ2n) is 4.00. The summed E-state index contributed by atoms with van der Waals surface area (Å²) in [5, 5.41) is 2.07. The topological polar surface area (TPSA) is 35.2 Å². The molecule has 0 bridgehead atoms. The van der Waals surface area contributed by atoms with Crippen LogP contribution in [0, 0.1) is 0 Å². The van der Waals surface area contributed by atoms with Crippen LogP contribution in [0.15, 0.2) is 40.2 Å². The minimum atomic E-state index is 0.0237. The molecule has 0 aliphatic heterocycles. The van der Waals surface area contributed by atoms with Crippen LogP contribution in [0.1, 0.15) is 23.4 Å². The highest BCUT2D eigenvalue weighted by atomic mass is 79.9. The van der Waals surface area contributed by atoms with Gasteiger partial charge in [-0.15, -0.1) is 11.3 Å². The number of halogens is 1. The maximum absolute atomic E-state index is 6.22. The van der Waals surface area contributed by atoms with Crippen molar-refractivity contribution in [2.45, 2.75) is 19.4 Å². The van der Waals surface area contributed by atoms with E-state index in [4.69, 9.17) is 10.5 Å². The Morgan fingerprint density at radius 2 is 2.00 bits per heavy atom. The summed E-state index contributed by atoms with van der Waals surface area (Å²) in [5.41, 5.74) is 7.36. The maximum Gasteiger partial charge on any atom is 0.119 e. The molecule has 1 aromatic heterocycles. The van der Waals surface area contributed by atoms with Crippen molar-refractivity contribution in [3.8, 4) is 5.75 Å². The number of rotatable bonds is 5. The molecule has 4 heteroatoms. The standard InChI is InChI=1S/C14H16BrNOS/c1-2-17-11-5-3-10(4-6-11)13(16)9-14-12(15)7-8-18-14/h3-8,13H,2,9,16H2,1H3. The van der Waals surface area contributed by atoms with Crippen molar-refractivity contribution in [2.75, 3.05) is 6.61 Å². The van der Waals surface area contributed by atoms with E-state index in [9.17, 15) is 0 Å². The minimum Gasteiger partial charge on any atom is -0.494 e. The van der Waals surface area contributed by atoms with Crippen LogP contribution >= 0.6 is 27.3 Å². The number of benzene rings is 1. The van der Waals surface area contributed by atoms with Crippen LogP contribution in [0.3, 0.4) is 0 Å². The lowest BCUT2D eigenvalue weighted by molar-refractivity contribution is 0.340. The van der Waals surface area contributed by atoms with Crippen LogP contribution in [0.25, 0.3) is 0 Å². The molecule has 2 rings (SSSR count). The van der Waals surface area contributed by atoms with Gasteiger partial charge in [-0.2, -0.15) is 0 Å². The van der Waals surface area contributed by atoms with E-state index in [1.54, 1.807) is 11.3 Å². The molecule has 0 aliphatic rings. The molecule has 0 saturated carbocycles. The Balaban J connectivity index is 2.04. The van der Waals surface area contributed by atoms with Gasteiger partial charge >= 0.3 is 0 Å². The third kappa shape index (κ3) is 3.34. The van der Waals surface area contributed by atoms with Crippen molar-refractivity contribution in [3.05, 3.63) is 50.6 Å². The second-order valence-corrected chi connectivity index (χ2v) is 5.86. The van der Waals surface area contributed by atoms with E-state index < -0.39 is 0 Å². The van der Waals surface area contributed by atoms with E-state index in [2.05, 4.69) is 27.4 Å². The van der Waals surface area contributed by atoms with Crippen LogP contribution in [0.4, 0.5) is 0 Å². The summed E-state index contributed by atoms with van der Waals surface area (Å²) < 4.78 is 6.57. The lowest BCUT2D eigenvalue weighted by Gasteiger charge is -2.12. The molecule has 2 nitrogen and oxygen atoms in total. The van der Waals surface area contributed by atoms with Crippen molar-refractivity contribution in [2.24, 2.45) is 5.73 Å². The molecule has 0 spiro atoms. The Kier molecular flexibility index (Phi) is 4.80. The first-order valence-corrected chi connectivity index (χ1v) is 7.58. The van der Waals surface area contributed by atoms with Gasteiger partial charge in [-0.3, -0.25) is 0 Å². The Morgan fingerprint density at radius 1 is 1.28 bits per heavy atom. The Bertz CT molecular complexity index is 495. The molecule has 96 valence electrons. The van der Waals surface area contributed by atoms with E-state index in [1.807, 2.05) is 31.2 Å². The first-order chi connectivity index (χ1) is 8.70. The molecule has 0 saturated heterocycles. The lowest BCUT2D eigenvalue weighted by atomic mass is 10.0. The predicted molar refractivity (Wildman–Crippen MR) is 80.3 cm³/mol. The quantitative estimate of drug-likeness (QED) is 0.896. The van der Waals surface area contributed by atoms with Gasteiger partial charge in [0.1, 0.15) is 5.75 Å². The smallest absolute Gasteiger partial charge is 0.119 e. The summed E-state index contributed by atoms with van der Waals surface area (Å²) in [4.78, 5) is 1.29. The van der Waals surface area contributed by atoms with E-state index in [-0.39, 0.29) is 6.04 Å². The van der Waals surface area contributed by atoms with Crippen molar-refractivity contribution in [1.82, 2.24) is 0 Å². The molecule has 0 fully saturated rings. The molecule has 0 amide bonds. The van der Waals surface area contributed by atoms with Crippen LogP contribution in [-0.4, -0.2) is 6.61 Å². The molecule has 1 atom stereocenters. The molecule has 2 aromatic rings. The van der Waals surface area contributed by atoms with Crippen molar-refractivity contribution >= 4 is 27.3 Å². The summed E-state index contributed by atoms with van der Waals surface area (Å²) in [6.45, 7) is 2.67. The third-order valence-electron chi connectivity index (χ3n) is 2.72.